The lowest BCUT2D eigenvalue weighted by molar-refractivity contribution is 0.0947. The number of benzene rings is 3. The fraction of sp³-hybridized carbons (Fsp3) is 0.125. The van der Waals surface area contributed by atoms with Crippen molar-refractivity contribution in [3.8, 4) is 17.1 Å². The minimum absolute atomic E-state index is 0.270. The molecular formula is C24H21ClN4O2. The minimum Gasteiger partial charge on any atom is -0.497 e. The first-order valence-electron chi connectivity index (χ1n) is 9.75. The lowest BCUT2D eigenvalue weighted by Gasteiger charge is -2.08. The van der Waals surface area contributed by atoms with Gasteiger partial charge in [0.25, 0.3) is 5.91 Å². The van der Waals surface area contributed by atoms with Crippen LogP contribution in [0.25, 0.3) is 11.4 Å². The molecule has 3 aromatic carbocycles. The molecule has 1 N–H and O–H groups in total. The molecule has 0 bridgehead atoms. The Bertz CT molecular complexity index is 1200. The molecule has 4 aromatic rings. The van der Waals surface area contributed by atoms with Crippen LogP contribution in [0, 0.1) is 6.92 Å². The van der Waals surface area contributed by atoms with Gasteiger partial charge in [0.2, 0.25) is 5.95 Å². The Kier molecular flexibility index (Phi) is 6.00. The number of nitrogens with one attached hydrogen (secondary N) is 1. The highest BCUT2D eigenvalue weighted by Gasteiger charge is 2.19. The zero-order valence-corrected chi connectivity index (χ0v) is 17.9. The maximum atomic E-state index is 13.2. The van der Waals surface area contributed by atoms with Gasteiger partial charge >= 0.3 is 0 Å². The zero-order valence-electron chi connectivity index (χ0n) is 17.2. The predicted octanol–water partition coefficient (Wildman–Crippen LogP) is 5.22. The fourth-order valence-electron chi connectivity index (χ4n) is 3.06. The number of ether oxygens (including phenoxy) is 1. The molecule has 1 aromatic heterocycles. The number of aromatic nitrogens is 3. The van der Waals surface area contributed by atoms with E-state index in [0.29, 0.717) is 28.9 Å². The Balaban J connectivity index is 1.69. The van der Waals surface area contributed by atoms with Gasteiger partial charge in [0.05, 0.1) is 7.11 Å². The van der Waals surface area contributed by atoms with E-state index >= 15 is 0 Å². The minimum atomic E-state index is -0.270. The van der Waals surface area contributed by atoms with Crippen molar-refractivity contribution in [2.24, 2.45) is 0 Å². The molecule has 1 heterocycles. The first-order valence-corrected chi connectivity index (χ1v) is 10.1. The molecule has 156 valence electrons. The van der Waals surface area contributed by atoms with Crippen molar-refractivity contribution in [2.45, 2.75) is 13.5 Å². The van der Waals surface area contributed by atoms with Crippen LogP contribution in [0.15, 0.2) is 72.8 Å². The Hall–Kier alpha value is -3.64. The van der Waals surface area contributed by atoms with Gasteiger partial charge < -0.3 is 10.1 Å². The normalized spacial score (nSPS) is 10.7. The topological polar surface area (TPSA) is 69.0 Å². The lowest BCUT2D eigenvalue weighted by atomic mass is 10.1. The summed E-state index contributed by atoms with van der Waals surface area (Å²) in [4.78, 5) is 17.8. The first kappa shape index (κ1) is 20.6. The number of hydrogen-bond donors (Lipinski definition) is 1. The third-order valence-electron chi connectivity index (χ3n) is 4.84. The average Bonchev–Trinajstić information content (AvgIpc) is 3.23. The third kappa shape index (κ3) is 4.59. The van der Waals surface area contributed by atoms with E-state index in [-0.39, 0.29) is 5.91 Å². The van der Waals surface area contributed by atoms with Crippen molar-refractivity contribution in [3.63, 3.8) is 0 Å². The van der Waals surface area contributed by atoms with Gasteiger partial charge in [-0.15, -0.1) is 5.10 Å². The second-order valence-corrected chi connectivity index (χ2v) is 7.42. The summed E-state index contributed by atoms with van der Waals surface area (Å²) in [5, 5.41) is 8.33. The summed E-state index contributed by atoms with van der Waals surface area (Å²) >= 11 is 6.27. The number of methoxy groups -OCH3 is 1. The summed E-state index contributed by atoms with van der Waals surface area (Å²) in [6, 6.07) is 22.2. The molecule has 0 aliphatic heterocycles. The zero-order chi connectivity index (χ0) is 21.8. The van der Waals surface area contributed by atoms with E-state index in [9.17, 15) is 4.79 Å². The smallest absolute Gasteiger partial charge is 0.281 e. The van der Waals surface area contributed by atoms with Crippen LogP contribution in [-0.4, -0.2) is 27.8 Å². The molecule has 0 atom stereocenters. The van der Waals surface area contributed by atoms with E-state index in [4.69, 9.17) is 16.3 Å². The van der Waals surface area contributed by atoms with Crippen molar-refractivity contribution in [1.29, 1.82) is 0 Å². The molecule has 4 rings (SSSR count). The van der Waals surface area contributed by atoms with Gasteiger partial charge in [-0.3, -0.25) is 4.79 Å². The second-order valence-electron chi connectivity index (χ2n) is 7.02. The Morgan fingerprint density at radius 2 is 1.74 bits per heavy atom. The number of nitrogens with zero attached hydrogens (tertiary/aromatic N) is 3. The number of rotatable bonds is 6. The van der Waals surface area contributed by atoms with Crippen LogP contribution >= 0.6 is 11.6 Å². The highest BCUT2D eigenvalue weighted by molar-refractivity contribution is 6.31. The predicted molar refractivity (Wildman–Crippen MR) is 122 cm³/mol. The summed E-state index contributed by atoms with van der Waals surface area (Å²) in [6.45, 7) is 2.38. The molecule has 31 heavy (non-hydrogen) atoms. The summed E-state index contributed by atoms with van der Waals surface area (Å²) in [5.41, 5.74) is 3.27. The number of carbonyl (C=O) groups is 1. The molecule has 0 fully saturated rings. The Morgan fingerprint density at radius 3 is 2.42 bits per heavy atom. The quantitative estimate of drug-likeness (QED) is 0.452. The molecule has 0 spiro atoms. The summed E-state index contributed by atoms with van der Waals surface area (Å²) in [5.74, 6) is 1.24. The van der Waals surface area contributed by atoms with Crippen LogP contribution in [-0.2, 0) is 6.54 Å². The van der Waals surface area contributed by atoms with Crippen LogP contribution in [0.3, 0.4) is 0 Å². The van der Waals surface area contributed by atoms with Gasteiger partial charge in [-0.05, 0) is 55.0 Å². The van der Waals surface area contributed by atoms with E-state index in [1.54, 1.807) is 19.2 Å². The second kappa shape index (κ2) is 9.02. The third-order valence-corrected chi connectivity index (χ3v) is 5.21. The van der Waals surface area contributed by atoms with Crippen molar-refractivity contribution in [1.82, 2.24) is 14.8 Å². The molecule has 0 amide bonds. The van der Waals surface area contributed by atoms with E-state index in [1.807, 2.05) is 67.6 Å². The van der Waals surface area contributed by atoms with Gasteiger partial charge in [0.15, 0.2) is 5.82 Å². The van der Waals surface area contributed by atoms with Gasteiger partial charge in [-0.1, -0.05) is 47.5 Å². The fourth-order valence-corrected chi connectivity index (χ4v) is 3.27. The molecule has 0 aliphatic carbocycles. The van der Waals surface area contributed by atoms with Crippen LogP contribution in [0.1, 0.15) is 21.5 Å². The molecular weight excluding hydrogens is 412 g/mol. The van der Waals surface area contributed by atoms with Crippen LogP contribution < -0.4 is 10.1 Å². The molecule has 0 aliphatic rings. The Labute approximate surface area is 185 Å². The van der Waals surface area contributed by atoms with Crippen molar-refractivity contribution >= 4 is 23.5 Å². The van der Waals surface area contributed by atoms with Gasteiger partial charge in [-0.25, -0.2) is 0 Å². The summed E-state index contributed by atoms with van der Waals surface area (Å²) in [7, 11) is 1.61. The standard InChI is InChI=1S/C24H21ClN4O2/c1-16-7-9-18(10-8-16)23(30)29-24(26-15-19-5-3-4-6-21(19)25)27-22(28-29)17-11-13-20(31-2)14-12-17/h3-14H,15H2,1-2H3,(H,26,27,28). The summed E-state index contributed by atoms with van der Waals surface area (Å²) in [6.07, 6.45) is 0. The maximum absolute atomic E-state index is 13.2. The van der Waals surface area contributed by atoms with Crippen LogP contribution in [0.4, 0.5) is 5.95 Å². The van der Waals surface area contributed by atoms with Crippen molar-refractivity contribution < 1.29 is 9.53 Å². The van der Waals surface area contributed by atoms with Gasteiger partial charge in [0.1, 0.15) is 5.75 Å². The molecule has 7 heteroatoms. The monoisotopic (exact) mass is 432 g/mol. The SMILES string of the molecule is COc1ccc(-c2nc(NCc3ccccc3Cl)n(C(=O)c3ccc(C)cc3)n2)cc1. The van der Waals surface area contributed by atoms with E-state index < -0.39 is 0 Å². The largest absolute Gasteiger partial charge is 0.497 e. The molecule has 0 radical (unpaired) electrons. The average molecular weight is 433 g/mol. The number of halogens is 1. The maximum Gasteiger partial charge on any atom is 0.281 e. The molecule has 0 unspecified atom stereocenters. The number of carbonyl (C=O) groups excluding carboxylic acids is 1. The van der Waals surface area contributed by atoms with Crippen molar-refractivity contribution in [3.05, 3.63) is 94.5 Å². The van der Waals surface area contributed by atoms with Gasteiger partial charge in [-0.2, -0.15) is 9.67 Å². The number of anilines is 1. The van der Waals surface area contributed by atoms with Gasteiger partial charge in [0, 0.05) is 22.7 Å². The van der Waals surface area contributed by atoms with Crippen LogP contribution in [0.5, 0.6) is 5.75 Å². The summed E-state index contributed by atoms with van der Waals surface area (Å²) < 4.78 is 6.51. The number of hydrogen-bond acceptors (Lipinski definition) is 5. The van der Waals surface area contributed by atoms with Crippen molar-refractivity contribution in [2.75, 3.05) is 12.4 Å². The molecule has 0 saturated heterocycles. The van der Waals surface area contributed by atoms with E-state index in [1.165, 1.54) is 4.68 Å². The lowest BCUT2D eigenvalue weighted by Crippen LogP contribution is -2.17. The van der Waals surface area contributed by atoms with Crippen LogP contribution in [0.2, 0.25) is 5.02 Å². The highest BCUT2D eigenvalue weighted by Crippen LogP contribution is 2.23. The first-order chi connectivity index (χ1) is 15.0. The Morgan fingerprint density at radius 1 is 1.03 bits per heavy atom. The highest BCUT2D eigenvalue weighted by atomic mass is 35.5. The molecule has 0 saturated carbocycles. The molecule has 6 nitrogen and oxygen atoms in total. The van der Waals surface area contributed by atoms with E-state index in [0.717, 1.165) is 22.4 Å². The number of aryl methyl sites for hydroxylation is 1. The van der Waals surface area contributed by atoms with E-state index in [2.05, 4.69) is 15.4 Å².